The van der Waals surface area contributed by atoms with E-state index in [1.807, 2.05) is 35.2 Å². The largest absolute Gasteiger partial charge is 0.483 e. The predicted octanol–water partition coefficient (Wildman–Crippen LogP) is 3.50. The van der Waals surface area contributed by atoms with E-state index < -0.39 is 0 Å². The standard InChI is InChI=1S/C23H27N3O2/c27-23(26-13-5-6-14-26)17-28-22-10-4-1-7-19(22)15-24-12-11-18-16-25-21-9-3-2-8-20(18)21/h1-4,7-10,16,24-25H,5-6,11-15,17H2. The molecule has 1 aliphatic rings. The average Bonchev–Trinajstić information content (AvgIpc) is 3.40. The summed E-state index contributed by atoms with van der Waals surface area (Å²) in [7, 11) is 0. The molecule has 5 nitrogen and oxygen atoms in total. The van der Waals surface area contributed by atoms with E-state index in [4.69, 9.17) is 4.74 Å². The minimum atomic E-state index is 0.0830. The van der Waals surface area contributed by atoms with E-state index in [-0.39, 0.29) is 12.5 Å². The molecule has 1 amide bonds. The number of benzene rings is 2. The fourth-order valence-electron chi connectivity index (χ4n) is 3.77. The van der Waals surface area contributed by atoms with Gasteiger partial charge in [-0.25, -0.2) is 0 Å². The van der Waals surface area contributed by atoms with Crippen molar-refractivity contribution >= 4 is 16.8 Å². The summed E-state index contributed by atoms with van der Waals surface area (Å²) in [5, 5.41) is 4.78. The molecule has 4 rings (SSSR count). The molecule has 0 radical (unpaired) electrons. The van der Waals surface area contributed by atoms with Gasteiger partial charge in [0, 0.05) is 42.3 Å². The van der Waals surface area contributed by atoms with Crippen LogP contribution in [0.5, 0.6) is 5.75 Å². The Labute approximate surface area is 165 Å². The molecule has 1 aromatic heterocycles. The highest BCUT2D eigenvalue weighted by atomic mass is 16.5. The van der Waals surface area contributed by atoms with E-state index in [0.29, 0.717) is 0 Å². The summed E-state index contributed by atoms with van der Waals surface area (Å²) in [6.45, 7) is 3.43. The number of hydrogen-bond acceptors (Lipinski definition) is 3. The van der Waals surface area contributed by atoms with Crippen LogP contribution in [0.3, 0.4) is 0 Å². The summed E-state index contributed by atoms with van der Waals surface area (Å²) < 4.78 is 5.84. The molecule has 2 heterocycles. The van der Waals surface area contributed by atoms with Gasteiger partial charge in [-0.2, -0.15) is 0 Å². The highest BCUT2D eigenvalue weighted by molar-refractivity contribution is 5.83. The Morgan fingerprint density at radius 3 is 2.71 bits per heavy atom. The molecule has 0 saturated carbocycles. The fourth-order valence-corrected chi connectivity index (χ4v) is 3.77. The third-order valence-corrected chi connectivity index (χ3v) is 5.34. The molecule has 5 heteroatoms. The van der Waals surface area contributed by atoms with E-state index in [0.717, 1.165) is 56.8 Å². The lowest BCUT2D eigenvalue weighted by atomic mass is 10.1. The zero-order chi connectivity index (χ0) is 19.2. The Bertz CT molecular complexity index is 928. The lowest BCUT2D eigenvalue weighted by Gasteiger charge is -2.17. The second-order valence-corrected chi connectivity index (χ2v) is 7.27. The lowest BCUT2D eigenvalue weighted by molar-refractivity contribution is -0.132. The quantitative estimate of drug-likeness (QED) is 0.591. The molecule has 0 unspecified atom stereocenters. The van der Waals surface area contributed by atoms with Crippen molar-refractivity contribution in [3.63, 3.8) is 0 Å². The van der Waals surface area contributed by atoms with E-state index in [1.165, 1.54) is 16.5 Å². The summed E-state index contributed by atoms with van der Waals surface area (Å²) in [4.78, 5) is 17.4. The first-order chi connectivity index (χ1) is 13.8. The number of nitrogens with zero attached hydrogens (tertiary/aromatic N) is 1. The van der Waals surface area contributed by atoms with Gasteiger partial charge >= 0.3 is 0 Å². The van der Waals surface area contributed by atoms with Crippen molar-refractivity contribution in [1.29, 1.82) is 0 Å². The van der Waals surface area contributed by atoms with E-state index in [9.17, 15) is 4.79 Å². The number of nitrogens with one attached hydrogen (secondary N) is 2. The zero-order valence-corrected chi connectivity index (χ0v) is 16.1. The minimum absolute atomic E-state index is 0.0830. The maximum atomic E-state index is 12.2. The first-order valence-electron chi connectivity index (χ1n) is 10.1. The van der Waals surface area contributed by atoms with Gasteiger partial charge in [0.15, 0.2) is 6.61 Å². The van der Waals surface area contributed by atoms with Gasteiger partial charge in [-0.3, -0.25) is 4.79 Å². The lowest BCUT2D eigenvalue weighted by Crippen LogP contribution is -2.32. The van der Waals surface area contributed by atoms with Crippen molar-refractivity contribution in [2.24, 2.45) is 0 Å². The number of fused-ring (bicyclic) bond motifs is 1. The van der Waals surface area contributed by atoms with Crippen molar-refractivity contribution in [3.05, 3.63) is 65.9 Å². The number of carbonyl (C=O) groups excluding carboxylic acids is 1. The Hall–Kier alpha value is -2.79. The molecule has 1 saturated heterocycles. The molecule has 0 bridgehead atoms. The second kappa shape index (κ2) is 8.93. The minimum Gasteiger partial charge on any atom is -0.483 e. The maximum Gasteiger partial charge on any atom is 0.260 e. The Balaban J connectivity index is 1.28. The monoisotopic (exact) mass is 377 g/mol. The third-order valence-electron chi connectivity index (χ3n) is 5.34. The van der Waals surface area contributed by atoms with Crippen LogP contribution in [0.1, 0.15) is 24.0 Å². The topological polar surface area (TPSA) is 57.4 Å². The number of likely N-dealkylation sites (tertiary alicyclic amines) is 1. The van der Waals surface area contributed by atoms with Crippen LogP contribution in [0.15, 0.2) is 54.7 Å². The van der Waals surface area contributed by atoms with Crippen LogP contribution in [0.2, 0.25) is 0 Å². The second-order valence-electron chi connectivity index (χ2n) is 7.27. The molecule has 2 N–H and O–H groups in total. The number of carbonyl (C=O) groups is 1. The summed E-state index contributed by atoms with van der Waals surface area (Å²) in [6, 6.07) is 16.3. The number of amides is 1. The van der Waals surface area contributed by atoms with Crippen molar-refractivity contribution < 1.29 is 9.53 Å². The zero-order valence-electron chi connectivity index (χ0n) is 16.1. The van der Waals surface area contributed by atoms with Gasteiger partial charge < -0.3 is 19.9 Å². The van der Waals surface area contributed by atoms with Crippen molar-refractivity contribution in [2.75, 3.05) is 26.2 Å². The molecule has 2 aromatic carbocycles. The SMILES string of the molecule is O=C(COc1ccccc1CNCCc1c[nH]c2ccccc12)N1CCCC1. The van der Waals surface area contributed by atoms with Gasteiger partial charge in [0.2, 0.25) is 0 Å². The summed E-state index contributed by atoms with van der Waals surface area (Å²) in [5.74, 6) is 0.870. The van der Waals surface area contributed by atoms with E-state index in [2.05, 4.69) is 34.7 Å². The van der Waals surface area contributed by atoms with Crippen molar-refractivity contribution in [3.8, 4) is 5.75 Å². The third kappa shape index (κ3) is 4.37. The van der Waals surface area contributed by atoms with Gasteiger partial charge in [-0.1, -0.05) is 36.4 Å². The number of aromatic amines is 1. The molecular formula is C23H27N3O2. The molecule has 1 fully saturated rings. The van der Waals surface area contributed by atoms with Crippen LogP contribution < -0.4 is 10.1 Å². The Morgan fingerprint density at radius 1 is 1.04 bits per heavy atom. The number of rotatable bonds is 8. The summed E-state index contributed by atoms with van der Waals surface area (Å²) in [6.07, 6.45) is 5.25. The number of hydrogen-bond donors (Lipinski definition) is 2. The maximum absolute atomic E-state index is 12.2. The summed E-state index contributed by atoms with van der Waals surface area (Å²) in [5.41, 5.74) is 3.58. The van der Waals surface area contributed by atoms with Gasteiger partial charge in [-0.15, -0.1) is 0 Å². The van der Waals surface area contributed by atoms with Crippen LogP contribution >= 0.6 is 0 Å². The summed E-state index contributed by atoms with van der Waals surface area (Å²) >= 11 is 0. The molecule has 3 aromatic rings. The van der Waals surface area contributed by atoms with Gasteiger partial charge in [0.1, 0.15) is 5.75 Å². The molecular weight excluding hydrogens is 350 g/mol. The number of ether oxygens (including phenoxy) is 1. The highest BCUT2D eigenvalue weighted by Crippen LogP contribution is 2.20. The van der Waals surface area contributed by atoms with Crippen molar-refractivity contribution in [1.82, 2.24) is 15.2 Å². The van der Waals surface area contributed by atoms with Gasteiger partial charge in [-0.05, 0) is 43.5 Å². The molecule has 0 spiro atoms. The average molecular weight is 377 g/mol. The first kappa shape index (κ1) is 18.6. The normalized spacial score (nSPS) is 13.9. The molecule has 0 aliphatic carbocycles. The molecule has 0 atom stereocenters. The van der Waals surface area contributed by atoms with Gasteiger partial charge in [0.05, 0.1) is 0 Å². The van der Waals surface area contributed by atoms with Crippen LogP contribution in [0.25, 0.3) is 10.9 Å². The Kier molecular flexibility index (Phi) is 5.92. The van der Waals surface area contributed by atoms with E-state index >= 15 is 0 Å². The molecule has 146 valence electrons. The van der Waals surface area contributed by atoms with E-state index in [1.54, 1.807) is 0 Å². The predicted molar refractivity (Wildman–Crippen MR) is 111 cm³/mol. The molecule has 28 heavy (non-hydrogen) atoms. The van der Waals surface area contributed by atoms with Gasteiger partial charge in [0.25, 0.3) is 5.91 Å². The highest BCUT2D eigenvalue weighted by Gasteiger charge is 2.18. The van der Waals surface area contributed by atoms with Crippen LogP contribution in [-0.4, -0.2) is 42.0 Å². The Morgan fingerprint density at radius 2 is 1.82 bits per heavy atom. The van der Waals surface area contributed by atoms with Crippen LogP contribution in [0, 0.1) is 0 Å². The number of aromatic nitrogens is 1. The number of H-pyrrole nitrogens is 1. The van der Waals surface area contributed by atoms with Crippen LogP contribution in [-0.2, 0) is 17.8 Å². The first-order valence-corrected chi connectivity index (χ1v) is 10.1. The number of para-hydroxylation sites is 2. The smallest absolute Gasteiger partial charge is 0.260 e. The molecule has 1 aliphatic heterocycles. The van der Waals surface area contributed by atoms with Crippen molar-refractivity contribution in [2.45, 2.75) is 25.8 Å². The van der Waals surface area contributed by atoms with Crippen LogP contribution in [0.4, 0.5) is 0 Å². The fraction of sp³-hybridized carbons (Fsp3) is 0.348.